The molecule has 0 fully saturated rings. The van der Waals surface area contributed by atoms with Gasteiger partial charge in [-0.05, 0) is 62.1 Å². The number of ketones is 1. The second kappa shape index (κ2) is 8.81. The van der Waals surface area contributed by atoms with Gasteiger partial charge in [0.25, 0.3) is 0 Å². The van der Waals surface area contributed by atoms with Crippen molar-refractivity contribution in [2.75, 3.05) is 39.1 Å². The molecular weight excluding hydrogens is 310 g/mol. The summed E-state index contributed by atoms with van der Waals surface area (Å²) < 4.78 is 0. The number of rotatable bonds is 7. The van der Waals surface area contributed by atoms with Crippen LogP contribution in [-0.2, 0) is 0 Å². The Morgan fingerprint density at radius 3 is 2.20 bits per heavy atom. The Morgan fingerprint density at radius 2 is 1.64 bits per heavy atom. The van der Waals surface area contributed by atoms with E-state index in [2.05, 4.69) is 30.0 Å². The Kier molecular flexibility index (Phi) is 6.50. The van der Waals surface area contributed by atoms with Gasteiger partial charge in [-0.15, -0.1) is 0 Å². The SMILES string of the molecule is CN(C)CCN(C)c1ccc(C(=O)C=Cc2ccc(C#N)cc2)cc1. The van der Waals surface area contributed by atoms with Crippen LogP contribution in [0, 0.1) is 11.3 Å². The van der Waals surface area contributed by atoms with Crippen LogP contribution in [-0.4, -0.2) is 44.9 Å². The zero-order valence-corrected chi connectivity index (χ0v) is 14.9. The number of allylic oxidation sites excluding steroid dienone is 1. The maximum atomic E-state index is 12.3. The molecule has 0 aliphatic rings. The maximum absolute atomic E-state index is 12.3. The molecule has 128 valence electrons. The van der Waals surface area contributed by atoms with Crippen molar-refractivity contribution in [1.82, 2.24) is 4.90 Å². The first-order valence-electron chi connectivity index (χ1n) is 8.18. The molecule has 0 aromatic heterocycles. The summed E-state index contributed by atoms with van der Waals surface area (Å²) >= 11 is 0. The molecular formula is C21H23N3O. The largest absolute Gasteiger partial charge is 0.373 e. The van der Waals surface area contributed by atoms with Crippen LogP contribution in [0.4, 0.5) is 5.69 Å². The van der Waals surface area contributed by atoms with E-state index in [4.69, 9.17) is 5.26 Å². The van der Waals surface area contributed by atoms with Gasteiger partial charge in [-0.2, -0.15) is 5.26 Å². The minimum Gasteiger partial charge on any atom is -0.373 e. The van der Waals surface area contributed by atoms with Crippen molar-refractivity contribution < 1.29 is 4.79 Å². The van der Waals surface area contributed by atoms with Gasteiger partial charge in [0.15, 0.2) is 5.78 Å². The van der Waals surface area contributed by atoms with E-state index < -0.39 is 0 Å². The molecule has 2 rings (SSSR count). The normalized spacial score (nSPS) is 10.8. The van der Waals surface area contributed by atoms with Crippen LogP contribution in [0.3, 0.4) is 0 Å². The molecule has 0 saturated carbocycles. The Bertz CT molecular complexity index is 768. The van der Waals surface area contributed by atoms with Crippen LogP contribution in [0.1, 0.15) is 21.5 Å². The molecule has 25 heavy (non-hydrogen) atoms. The van der Waals surface area contributed by atoms with E-state index in [1.165, 1.54) is 0 Å². The van der Waals surface area contributed by atoms with Crippen molar-refractivity contribution in [1.29, 1.82) is 5.26 Å². The van der Waals surface area contributed by atoms with Crippen LogP contribution in [0.2, 0.25) is 0 Å². The summed E-state index contributed by atoms with van der Waals surface area (Å²) in [6, 6.07) is 16.9. The van der Waals surface area contributed by atoms with Crippen LogP contribution >= 0.6 is 0 Å². The summed E-state index contributed by atoms with van der Waals surface area (Å²) in [5.74, 6) is -0.0353. The van der Waals surface area contributed by atoms with Crippen molar-refractivity contribution in [2.45, 2.75) is 0 Å². The molecule has 2 aromatic rings. The molecule has 0 N–H and O–H groups in total. The fourth-order valence-electron chi connectivity index (χ4n) is 2.30. The van der Waals surface area contributed by atoms with E-state index >= 15 is 0 Å². The molecule has 0 saturated heterocycles. The van der Waals surface area contributed by atoms with Gasteiger partial charge in [-0.3, -0.25) is 4.79 Å². The smallest absolute Gasteiger partial charge is 0.185 e. The molecule has 0 spiro atoms. The first kappa shape index (κ1) is 18.4. The number of nitriles is 1. The predicted molar refractivity (Wildman–Crippen MR) is 103 cm³/mol. The molecule has 0 radical (unpaired) electrons. The number of carbonyl (C=O) groups excluding carboxylic acids is 1. The van der Waals surface area contributed by atoms with Gasteiger partial charge in [0, 0.05) is 31.4 Å². The van der Waals surface area contributed by atoms with Gasteiger partial charge in [0.1, 0.15) is 0 Å². The Hall–Kier alpha value is -2.90. The highest BCUT2D eigenvalue weighted by Crippen LogP contribution is 2.15. The van der Waals surface area contributed by atoms with E-state index in [0.717, 1.165) is 24.3 Å². The van der Waals surface area contributed by atoms with Crippen LogP contribution in [0.15, 0.2) is 54.6 Å². The molecule has 0 unspecified atom stereocenters. The second-order valence-corrected chi connectivity index (χ2v) is 6.20. The summed E-state index contributed by atoms with van der Waals surface area (Å²) in [7, 11) is 6.15. The van der Waals surface area contributed by atoms with Crippen molar-refractivity contribution in [3.8, 4) is 6.07 Å². The topological polar surface area (TPSA) is 47.3 Å². The molecule has 0 aliphatic heterocycles. The quantitative estimate of drug-likeness (QED) is 0.575. The minimum atomic E-state index is -0.0353. The third-order valence-electron chi connectivity index (χ3n) is 3.94. The Balaban J connectivity index is 1.99. The standard InChI is InChI=1S/C21H23N3O/c1-23(2)14-15-24(3)20-11-9-19(10-12-20)21(25)13-8-17-4-6-18(16-22)7-5-17/h4-13H,14-15H2,1-3H3. The third-order valence-corrected chi connectivity index (χ3v) is 3.94. The van der Waals surface area contributed by atoms with Crippen molar-refractivity contribution >= 4 is 17.5 Å². The van der Waals surface area contributed by atoms with Crippen LogP contribution in [0.5, 0.6) is 0 Å². The number of nitrogens with zero attached hydrogens (tertiary/aromatic N) is 3. The maximum Gasteiger partial charge on any atom is 0.185 e. The number of hydrogen-bond donors (Lipinski definition) is 0. The predicted octanol–water partition coefficient (Wildman–Crippen LogP) is 3.45. The van der Waals surface area contributed by atoms with E-state index in [1.54, 1.807) is 24.3 Å². The molecule has 0 aliphatic carbocycles. The van der Waals surface area contributed by atoms with Gasteiger partial charge in [-0.25, -0.2) is 0 Å². The summed E-state index contributed by atoms with van der Waals surface area (Å²) in [5, 5.41) is 8.79. The fourth-order valence-corrected chi connectivity index (χ4v) is 2.30. The molecule has 0 heterocycles. The summed E-state index contributed by atoms with van der Waals surface area (Å²) in [6.07, 6.45) is 3.33. The highest BCUT2D eigenvalue weighted by Gasteiger charge is 2.05. The first-order valence-corrected chi connectivity index (χ1v) is 8.18. The molecule has 0 atom stereocenters. The molecule has 4 nitrogen and oxygen atoms in total. The molecule has 4 heteroatoms. The Labute approximate surface area is 149 Å². The lowest BCUT2D eigenvalue weighted by Gasteiger charge is -2.21. The minimum absolute atomic E-state index is 0.0353. The van der Waals surface area contributed by atoms with Crippen molar-refractivity contribution in [3.05, 3.63) is 71.3 Å². The molecule has 2 aromatic carbocycles. The summed E-state index contributed by atoms with van der Waals surface area (Å²) in [4.78, 5) is 16.6. The first-order chi connectivity index (χ1) is 12.0. The summed E-state index contributed by atoms with van der Waals surface area (Å²) in [6.45, 7) is 1.91. The highest BCUT2D eigenvalue weighted by atomic mass is 16.1. The van der Waals surface area contributed by atoms with Crippen molar-refractivity contribution in [2.24, 2.45) is 0 Å². The van der Waals surface area contributed by atoms with Gasteiger partial charge in [-0.1, -0.05) is 18.2 Å². The van der Waals surface area contributed by atoms with E-state index in [-0.39, 0.29) is 5.78 Å². The van der Waals surface area contributed by atoms with E-state index in [1.807, 2.05) is 43.4 Å². The number of benzene rings is 2. The number of hydrogen-bond acceptors (Lipinski definition) is 4. The average Bonchev–Trinajstić information content (AvgIpc) is 2.64. The van der Waals surface area contributed by atoms with Crippen molar-refractivity contribution in [3.63, 3.8) is 0 Å². The highest BCUT2D eigenvalue weighted by molar-refractivity contribution is 6.06. The van der Waals surface area contributed by atoms with Gasteiger partial charge >= 0.3 is 0 Å². The number of likely N-dealkylation sites (N-methyl/N-ethyl adjacent to an activating group) is 2. The van der Waals surface area contributed by atoms with E-state index in [9.17, 15) is 4.79 Å². The zero-order valence-electron chi connectivity index (χ0n) is 14.9. The number of anilines is 1. The lowest BCUT2D eigenvalue weighted by Crippen LogP contribution is -2.28. The third kappa shape index (κ3) is 5.59. The molecule has 0 amide bonds. The van der Waals surface area contributed by atoms with Crippen LogP contribution < -0.4 is 4.90 Å². The zero-order chi connectivity index (χ0) is 18.2. The monoisotopic (exact) mass is 333 g/mol. The van der Waals surface area contributed by atoms with Crippen LogP contribution in [0.25, 0.3) is 6.08 Å². The number of carbonyl (C=O) groups is 1. The lowest BCUT2D eigenvalue weighted by atomic mass is 10.1. The Morgan fingerprint density at radius 1 is 1.00 bits per heavy atom. The fraction of sp³-hybridized carbons (Fsp3) is 0.238. The lowest BCUT2D eigenvalue weighted by molar-refractivity contribution is 0.104. The summed E-state index contributed by atoms with van der Waals surface area (Å²) in [5.41, 5.74) is 3.26. The van der Waals surface area contributed by atoms with Gasteiger partial charge in [0.05, 0.1) is 11.6 Å². The average molecular weight is 333 g/mol. The van der Waals surface area contributed by atoms with Gasteiger partial charge in [0.2, 0.25) is 0 Å². The van der Waals surface area contributed by atoms with Gasteiger partial charge < -0.3 is 9.80 Å². The second-order valence-electron chi connectivity index (χ2n) is 6.20. The van der Waals surface area contributed by atoms with E-state index in [0.29, 0.717) is 11.1 Å². The molecule has 0 bridgehead atoms.